The number of allylic oxidation sites excluding steroid dienone is 2. The van der Waals surface area contributed by atoms with E-state index in [-0.39, 0.29) is 5.97 Å². The van der Waals surface area contributed by atoms with Crippen LogP contribution in [0.5, 0.6) is 0 Å². The third kappa shape index (κ3) is 6.92. The lowest BCUT2D eigenvalue weighted by Gasteiger charge is -2.04. The van der Waals surface area contributed by atoms with E-state index in [1.165, 1.54) is 7.11 Å². The highest BCUT2D eigenvalue weighted by molar-refractivity contribution is 6.16. The van der Waals surface area contributed by atoms with E-state index in [1.54, 1.807) is 12.2 Å². The number of hydrogen-bond donors (Lipinski definition) is 0. The van der Waals surface area contributed by atoms with Gasteiger partial charge in [0.15, 0.2) is 0 Å². The topological polar surface area (TPSA) is 35.5 Å². The molecule has 0 amide bonds. The third-order valence-corrected chi connectivity index (χ3v) is 2.78. The van der Waals surface area contributed by atoms with Gasteiger partial charge in [-0.2, -0.15) is 0 Å². The third-order valence-electron chi connectivity index (χ3n) is 2.78. The van der Waals surface area contributed by atoms with E-state index in [0.717, 1.165) is 18.4 Å². The van der Waals surface area contributed by atoms with Gasteiger partial charge in [-0.3, -0.25) is 0 Å². The number of esters is 1. The molecule has 0 heterocycles. The Kier molecular flexibility index (Phi) is 9.16. The number of methoxy groups -OCH3 is 1. The first-order valence-electron chi connectivity index (χ1n) is 7.33. The fraction of sp³-hybridized carbons (Fsp3) is 0.316. The van der Waals surface area contributed by atoms with Crippen LogP contribution in [-0.4, -0.2) is 26.3 Å². The zero-order valence-corrected chi connectivity index (χ0v) is 13.2. The molecule has 0 fully saturated rings. The van der Waals surface area contributed by atoms with Gasteiger partial charge in [-0.25, -0.2) is 4.79 Å². The van der Waals surface area contributed by atoms with Crippen LogP contribution in [-0.2, 0) is 14.3 Å². The number of benzene rings is 1. The fourth-order valence-electron chi connectivity index (χ4n) is 1.67. The summed E-state index contributed by atoms with van der Waals surface area (Å²) in [6.45, 7) is 2.98. The van der Waals surface area contributed by atoms with E-state index in [9.17, 15) is 4.79 Å². The molecule has 0 saturated carbocycles. The first kappa shape index (κ1) is 17.7. The molecule has 116 valence electrons. The van der Waals surface area contributed by atoms with Crippen molar-refractivity contribution in [2.24, 2.45) is 0 Å². The minimum absolute atomic E-state index is 0.359. The quantitative estimate of drug-likeness (QED) is 0.253. The summed E-state index contributed by atoms with van der Waals surface area (Å²) in [7, 11) is 1.38. The average molecular weight is 298 g/mol. The SMILES string of the molecule is CCCC#CCOC/C=C/C=C(/C(=O)OC)c1ccccc1. The largest absolute Gasteiger partial charge is 0.465 e. The molecule has 0 unspecified atom stereocenters. The van der Waals surface area contributed by atoms with Crippen molar-refractivity contribution in [1.82, 2.24) is 0 Å². The maximum atomic E-state index is 11.8. The molecule has 1 rings (SSSR count). The molecular formula is C19H22O3. The Labute approximate surface area is 132 Å². The van der Waals surface area contributed by atoms with Crippen molar-refractivity contribution in [3.05, 3.63) is 54.1 Å². The van der Waals surface area contributed by atoms with Crippen LogP contribution in [0.1, 0.15) is 25.3 Å². The minimum Gasteiger partial charge on any atom is -0.465 e. The lowest BCUT2D eigenvalue weighted by Crippen LogP contribution is -2.03. The summed E-state index contributed by atoms with van der Waals surface area (Å²) in [5.74, 6) is 5.60. The van der Waals surface area contributed by atoms with Crippen molar-refractivity contribution >= 4 is 11.5 Å². The first-order chi connectivity index (χ1) is 10.8. The van der Waals surface area contributed by atoms with Crippen LogP contribution in [0, 0.1) is 11.8 Å². The Balaban J connectivity index is 2.54. The smallest absolute Gasteiger partial charge is 0.338 e. The monoisotopic (exact) mass is 298 g/mol. The molecular weight excluding hydrogens is 276 g/mol. The average Bonchev–Trinajstić information content (AvgIpc) is 2.57. The van der Waals surface area contributed by atoms with Gasteiger partial charge in [-0.1, -0.05) is 55.3 Å². The molecule has 22 heavy (non-hydrogen) atoms. The molecule has 0 aliphatic rings. The molecule has 3 heteroatoms. The standard InChI is InChI=1S/C19H22O3/c1-3-4-5-10-15-22-16-11-9-14-18(19(20)21-2)17-12-7-6-8-13-17/h6-9,11-14H,3-4,15-16H2,1-2H3/b11-9+,18-14+. The highest BCUT2D eigenvalue weighted by Crippen LogP contribution is 2.15. The van der Waals surface area contributed by atoms with Crippen molar-refractivity contribution in [3.8, 4) is 11.8 Å². The minimum atomic E-state index is -0.359. The van der Waals surface area contributed by atoms with Crippen molar-refractivity contribution in [3.63, 3.8) is 0 Å². The summed E-state index contributed by atoms with van der Waals surface area (Å²) < 4.78 is 10.2. The van der Waals surface area contributed by atoms with Crippen molar-refractivity contribution in [1.29, 1.82) is 0 Å². The summed E-state index contributed by atoms with van der Waals surface area (Å²) in [5.41, 5.74) is 1.34. The van der Waals surface area contributed by atoms with Gasteiger partial charge in [0.05, 0.1) is 19.3 Å². The van der Waals surface area contributed by atoms with Crippen LogP contribution in [0.4, 0.5) is 0 Å². The Morgan fingerprint density at radius 2 is 2.00 bits per heavy atom. The van der Waals surface area contributed by atoms with E-state index in [4.69, 9.17) is 9.47 Å². The molecule has 0 N–H and O–H groups in total. The summed E-state index contributed by atoms with van der Waals surface area (Å²) in [6.07, 6.45) is 7.33. The number of hydrogen-bond acceptors (Lipinski definition) is 3. The fourth-order valence-corrected chi connectivity index (χ4v) is 1.67. The molecule has 0 atom stereocenters. The van der Waals surface area contributed by atoms with Gasteiger partial charge in [-0.05, 0) is 18.1 Å². The second kappa shape index (κ2) is 11.4. The summed E-state index contributed by atoms with van der Waals surface area (Å²) >= 11 is 0. The van der Waals surface area contributed by atoms with Crippen LogP contribution in [0.2, 0.25) is 0 Å². The molecule has 0 aliphatic carbocycles. The van der Waals surface area contributed by atoms with Gasteiger partial charge in [0.2, 0.25) is 0 Å². The zero-order valence-electron chi connectivity index (χ0n) is 13.2. The van der Waals surface area contributed by atoms with Crippen LogP contribution in [0.15, 0.2) is 48.6 Å². The molecule has 0 aromatic heterocycles. The summed E-state index contributed by atoms with van der Waals surface area (Å²) in [4.78, 5) is 11.8. The molecule has 3 nitrogen and oxygen atoms in total. The lowest BCUT2D eigenvalue weighted by atomic mass is 10.1. The summed E-state index contributed by atoms with van der Waals surface area (Å²) in [6, 6.07) is 9.41. The van der Waals surface area contributed by atoms with Crippen molar-refractivity contribution in [2.45, 2.75) is 19.8 Å². The molecule has 0 saturated heterocycles. The van der Waals surface area contributed by atoms with Crippen LogP contribution >= 0.6 is 0 Å². The molecule has 0 bridgehead atoms. The van der Waals surface area contributed by atoms with Gasteiger partial charge >= 0.3 is 5.97 Å². The Hall–Kier alpha value is -2.31. The number of ether oxygens (including phenoxy) is 2. The second-order valence-electron chi connectivity index (χ2n) is 4.48. The van der Waals surface area contributed by atoms with Crippen LogP contribution in [0.25, 0.3) is 5.57 Å². The molecule has 1 aromatic rings. The van der Waals surface area contributed by atoms with Gasteiger partial charge in [0.1, 0.15) is 6.61 Å². The molecule has 0 spiro atoms. The van der Waals surface area contributed by atoms with E-state index < -0.39 is 0 Å². The molecule has 0 radical (unpaired) electrons. The Bertz CT molecular complexity index is 559. The highest BCUT2D eigenvalue weighted by Gasteiger charge is 2.10. The Morgan fingerprint density at radius 3 is 2.68 bits per heavy atom. The first-order valence-corrected chi connectivity index (χ1v) is 7.33. The van der Waals surface area contributed by atoms with Crippen molar-refractivity contribution in [2.75, 3.05) is 20.3 Å². The normalized spacial score (nSPS) is 11.1. The van der Waals surface area contributed by atoms with E-state index in [0.29, 0.717) is 18.8 Å². The lowest BCUT2D eigenvalue weighted by molar-refractivity contribution is -0.133. The van der Waals surface area contributed by atoms with Gasteiger partial charge in [0, 0.05) is 6.42 Å². The van der Waals surface area contributed by atoms with Crippen molar-refractivity contribution < 1.29 is 14.3 Å². The number of rotatable bonds is 7. The number of carbonyl (C=O) groups is 1. The number of carbonyl (C=O) groups excluding carboxylic acids is 1. The van der Waals surface area contributed by atoms with E-state index >= 15 is 0 Å². The number of unbranched alkanes of at least 4 members (excludes halogenated alkanes) is 1. The van der Waals surface area contributed by atoms with Gasteiger partial charge in [-0.15, -0.1) is 5.92 Å². The van der Waals surface area contributed by atoms with Crippen LogP contribution < -0.4 is 0 Å². The molecule has 0 aliphatic heterocycles. The highest BCUT2D eigenvalue weighted by atomic mass is 16.5. The maximum absolute atomic E-state index is 11.8. The summed E-state index contributed by atoms with van der Waals surface area (Å²) in [5, 5.41) is 0. The van der Waals surface area contributed by atoms with Gasteiger partial charge < -0.3 is 9.47 Å². The molecule has 1 aromatic carbocycles. The predicted molar refractivity (Wildman–Crippen MR) is 89.1 cm³/mol. The zero-order chi connectivity index (χ0) is 16.0. The van der Waals surface area contributed by atoms with E-state index in [1.807, 2.05) is 36.4 Å². The van der Waals surface area contributed by atoms with Gasteiger partial charge in [0.25, 0.3) is 0 Å². The predicted octanol–water partition coefficient (Wildman–Crippen LogP) is 3.62. The van der Waals surface area contributed by atoms with E-state index in [2.05, 4.69) is 18.8 Å². The Morgan fingerprint density at radius 1 is 1.23 bits per heavy atom. The second-order valence-corrected chi connectivity index (χ2v) is 4.48. The van der Waals surface area contributed by atoms with Crippen LogP contribution in [0.3, 0.4) is 0 Å². The maximum Gasteiger partial charge on any atom is 0.338 e.